The van der Waals surface area contributed by atoms with Crippen molar-refractivity contribution in [3.8, 4) is 0 Å². The molecule has 2 aromatic heterocycles. The SMILES string of the molecule is Cc1nccc(N2CCN(CCNC(=O)CCCn3cccn3)CC2)n1. The van der Waals surface area contributed by atoms with Crippen LogP contribution in [0.4, 0.5) is 5.82 Å². The number of piperazine rings is 1. The van der Waals surface area contributed by atoms with E-state index in [1.54, 1.807) is 6.20 Å². The minimum atomic E-state index is 0.118. The zero-order chi connectivity index (χ0) is 18.2. The first-order valence-electron chi connectivity index (χ1n) is 9.22. The summed E-state index contributed by atoms with van der Waals surface area (Å²) in [5, 5.41) is 7.15. The summed E-state index contributed by atoms with van der Waals surface area (Å²) in [6.45, 7) is 8.16. The predicted molar refractivity (Wildman–Crippen MR) is 99.9 cm³/mol. The molecule has 1 saturated heterocycles. The monoisotopic (exact) mass is 357 g/mol. The van der Waals surface area contributed by atoms with Gasteiger partial charge in [-0.25, -0.2) is 9.97 Å². The summed E-state index contributed by atoms with van der Waals surface area (Å²) in [5.41, 5.74) is 0. The number of carbonyl (C=O) groups is 1. The van der Waals surface area contributed by atoms with Gasteiger partial charge in [-0.1, -0.05) is 0 Å². The molecule has 1 aliphatic rings. The molecule has 1 amide bonds. The summed E-state index contributed by atoms with van der Waals surface area (Å²) < 4.78 is 1.85. The topological polar surface area (TPSA) is 79.2 Å². The zero-order valence-electron chi connectivity index (χ0n) is 15.3. The number of aryl methyl sites for hydroxylation is 2. The highest BCUT2D eigenvalue weighted by Gasteiger charge is 2.17. The molecule has 0 radical (unpaired) electrons. The van der Waals surface area contributed by atoms with Gasteiger partial charge in [0, 0.05) is 70.8 Å². The number of nitrogens with one attached hydrogen (secondary N) is 1. The molecule has 0 unspecified atom stereocenters. The third kappa shape index (κ3) is 5.52. The average Bonchev–Trinajstić information content (AvgIpc) is 3.16. The highest BCUT2D eigenvalue weighted by molar-refractivity contribution is 5.75. The van der Waals surface area contributed by atoms with Gasteiger partial charge in [-0.2, -0.15) is 5.10 Å². The Morgan fingerprint density at radius 2 is 2.04 bits per heavy atom. The fraction of sp³-hybridized carbons (Fsp3) is 0.556. The molecule has 8 nitrogen and oxygen atoms in total. The average molecular weight is 357 g/mol. The van der Waals surface area contributed by atoms with Crippen LogP contribution in [0.1, 0.15) is 18.7 Å². The maximum Gasteiger partial charge on any atom is 0.220 e. The second kappa shape index (κ2) is 9.28. The number of amides is 1. The molecule has 3 rings (SSSR count). The van der Waals surface area contributed by atoms with Gasteiger partial charge in [0.1, 0.15) is 11.6 Å². The molecule has 1 N–H and O–H groups in total. The van der Waals surface area contributed by atoms with E-state index in [1.165, 1.54) is 0 Å². The third-order valence-corrected chi connectivity index (χ3v) is 4.56. The van der Waals surface area contributed by atoms with E-state index in [4.69, 9.17) is 0 Å². The van der Waals surface area contributed by atoms with Crippen molar-refractivity contribution in [3.63, 3.8) is 0 Å². The maximum absolute atomic E-state index is 11.9. The number of carbonyl (C=O) groups excluding carboxylic acids is 1. The standard InChI is InChI=1S/C18H27N7O/c1-16-19-7-5-17(22-16)24-14-12-23(13-15-24)11-8-20-18(26)4-2-9-25-10-3-6-21-25/h3,5-7,10H,2,4,8-9,11-15H2,1H3,(H,20,26). The molecule has 0 aromatic carbocycles. The van der Waals surface area contributed by atoms with Gasteiger partial charge in [0.15, 0.2) is 0 Å². The first-order valence-corrected chi connectivity index (χ1v) is 9.22. The van der Waals surface area contributed by atoms with Crippen molar-refractivity contribution < 1.29 is 4.79 Å². The largest absolute Gasteiger partial charge is 0.355 e. The number of hydrogen-bond acceptors (Lipinski definition) is 6. The van der Waals surface area contributed by atoms with Gasteiger partial charge < -0.3 is 10.2 Å². The van der Waals surface area contributed by atoms with Crippen LogP contribution in [0.15, 0.2) is 30.7 Å². The van der Waals surface area contributed by atoms with Crippen molar-refractivity contribution in [2.75, 3.05) is 44.2 Å². The predicted octanol–water partition coefficient (Wildman–Crippen LogP) is 0.700. The van der Waals surface area contributed by atoms with E-state index in [0.29, 0.717) is 13.0 Å². The third-order valence-electron chi connectivity index (χ3n) is 4.56. The maximum atomic E-state index is 11.9. The molecule has 0 spiro atoms. The first kappa shape index (κ1) is 18.3. The van der Waals surface area contributed by atoms with E-state index >= 15 is 0 Å². The molecule has 140 valence electrons. The van der Waals surface area contributed by atoms with Crippen molar-refractivity contribution in [2.45, 2.75) is 26.3 Å². The van der Waals surface area contributed by atoms with Crippen LogP contribution in [-0.4, -0.2) is 69.8 Å². The fourth-order valence-corrected chi connectivity index (χ4v) is 3.10. The molecule has 1 fully saturated rings. The summed E-state index contributed by atoms with van der Waals surface area (Å²) in [6, 6.07) is 3.86. The lowest BCUT2D eigenvalue weighted by Gasteiger charge is -2.35. The van der Waals surface area contributed by atoms with Crippen LogP contribution in [0, 0.1) is 6.92 Å². The van der Waals surface area contributed by atoms with Crippen molar-refractivity contribution >= 4 is 11.7 Å². The van der Waals surface area contributed by atoms with Gasteiger partial charge in [0.05, 0.1) is 0 Å². The molecule has 0 atom stereocenters. The van der Waals surface area contributed by atoms with Gasteiger partial charge >= 0.3 is 0 Å². The van der Waals surface area contributed by atoms with Gasteiger partial charge in [-0.15, -0.1) is 0 Å². The van der Waals surface area contributed by atoms with E-state index in [2.05, 4.69) is 30.2 Å². The van der Waals surface area contributed by atoms with Crippen LogP contribution in [0.5, 0.6) is 0 Å². The molecular weight excluding hydrogens is 330 g/mol. The summed E-state index contributed by atoms with van der Waals surface area (Å²) in [7, 11) is 0. The molecular formula is C18H27N7O. The Bertz CT molecular complexity index is 681. The van der Waals surface area contributed by atoms with Gasteiger partial charge in [-0.3, -0.25) is 14.4 Å². The van der Waals surface area contributed by atoms with Crippen molar-refractivity contribution in [3.05, 3.63) is 36.5 Å². The smallest absolute Gasteiger partial charge is 0.220 e. The van der Waals surface area contributed by atoms with E-state index in [1.807, 2.05) is 36.1 Å². The fourth-order valence-electron chi connectivity index (χ4n) is 3.10. The zero-order valence-corrected chi connectivity index (χ0v) is 15.3. The van der Waals surface area contributed by atoms with Gasteiger partial charge in [0.25, 0.3) is 0 Å². The molecule has 1 aliphatic heterocycles. The summed E-state index contributed by atoms with van der Waals surface area (Å²) in [6.07, 6.45) is 6.84. The highest BCUT2D eigenvalue weighted by atomic mass is 16.1. The minimum absolute atomic E-state index is 0.118. The van der Waals surface area contributed by atoms with Crippen LogP contribution in [0.25, 0.3) is 0 Å². The lowest BCUT2D eigenvalue weighted by molar-refractivity contribution is -0.121. The van der Waals surface area contributed by atoms with Crippen LogP contribution >= 0.6 is 0 Å². The molecule has 0 bridgehead atoms. The molecule has 26 heavy (non-hydrogen) atoms. The summed E-state index contributed by atoms with van der Waals surface area (Å²) >= 11 is 0. The Morgan fingerprint density at radius 3 is 2.77 bits per heavy atom. The number of aromatic nitrogens is 4. The summed E-state index contributed by atoms with van der Waals surface area (Å²) in [5.74, 6) is 1.93. The molecule has 2 aromatic rings. The molecule has 8 heteroatoms. The molecule has 0 aliphatic carbocycles. The number of anilines is 1. The van der Waals surface area contributed by atoms with Crippen LogP contribution in [0.2, 0.25) is 0 Å². The second-order valence-corrected chi connectivity index (χ2v) is 6.51. The quantitative estimate of drug-likeness (QED) is 0.749. The van der Waals surface area contributed by atoms with E-state index < -0.39 is 0 Å². The van der Waals surface area contributed by atoms with Crippen molar-refractivity contribution in [2.24, 2.45) is 0 Å². The second-order valence-electron chi connectivity index (χ2n) is 6.51. The molecule has 3 heterocycles. The van der Waals surface area contributed by atoms with E-state index in [9.17, 15) is 4.79 Å². The Hall–Kier alpha value is -2.48. The van der Waals surface area contributed by atoms with Gasteiger partial charge in [0.2, 0.25) is 5.91 Å². The lowest BCUT2D eigenvalue weighted by Crippen LogP contribution is -2.48. The van der Waals surface area contributed by atoms with Crippen LogP contribution in [-0.2, 0) is 11.3 Å². The number of nitrogens with zero attached hydrogens (tertiary/aromatic N) is 6. The van der Waals surface area contributed by atoms with E-state index in [-0.39, 0.29) is 5.91 Å². The lowest BCUT2D eigenvalue weighted by atomic mass is 10.3. The van der Waals surface area contributed by atoms with Crippen LogP contribution < -0.4 is 10.2 Å². The number of hydrogen-bond donors (Lipinski definition) is 1. The Labute approximate surface area is 154 Å². The van der Waals surface area contributed by atoms with Crippen LogP contribution in [0.3, 0.4) is 0 Å². The van der Waals surface area contributed by atoms with E-state index in [0.717, 1.165) is 57.3 Å². The highest BCUT2D eigenvalue weighted by Crippen LogP contribution is 2.12. The number of rotatable bonds is 8. The van der Waals surface area contributed by atoms with Gasteiger partial charge in [-0.05, 0) is 25.5 Å². The summed E-state index contributed by atoms with van der Waals surface area (Å²) in [4.78, 5) is 25.2. The minimum Gasteiger partial charge on any atom is -0.355 e. The Balaban J connectivity index is 1.28. The Morgan fingerprint density at radius 1 is 1.19 bits per heavy atom. The Kier molecular flexibility index (Phi) is 6.54. The van der Waals surface area contributed by atoms with Crippen molar-refractivity contribution in [1.29, 1.82) is 0 Å². The normalized spacial score (nSPS) is 15.2. The first-order chi connectivity index (χ1) is 12.7. The van der Waals surface area contributed by atoms with Crippen molar-refractivity contribution in [1.82, 2.24) is 30.0 Å². The molecule has 0 saturated carbocycles.